The molecular formula is C12H22NO3PS. The lowest BCUT2D eigenvalue weighted by atomic mass is 9.92. The van der Waals surface area contributed by atoms with Crippen LogP contribution in [0.1, 0.15) is 38.5 Å². The molecule has 1 fully saturated rings. The summed E-state index contributed by atoms with van der Waals surface area (Å²) in [6.07, 6.45) is 7.20. The van der Waals surface area contributed by atoms with E-state index in [-0.39, 0.29) is 6.04 Å². The van der Waals surface area contributed by atoms with Crippen LogP contribution in [-0.4, -0.2) is 37.4 Å². The molecule has 1 saturated carbocycles. The number of aldehydes is 2. The molecule has 0 aromatic heterocycles. The minimum absolute atomic E-state index is 0.189. The van der Waals surface area contributed by atoms with Crippen LogP contribution in [0.25, 0.3) is 0 Å². The second-order valence-corrected chi connectivity index (χ2v) is 7.53. The van der Waals surface area contributed by atoms with Crippen LogP contribution in [0.4, 0.5) is 0 Å². The van der Waals surface area contributed by atoms with Gasteiger partial charge in [-0.05, 0) is 38.8 Å². The number of carbonyl (C=O) groups is 2. The van der Waals surface area contributed by atoms with Gasteiger partial charge < -0.3 is 19.4 Å². The lowest BCUT2D eigenvalue weighted by molar-refractivity contribution is -0.110. The van der Waals surface area contributed by atoms with Crippen LogP contribution in [0.5, 0.6) is 0 Å². The van der Waals surface area contributed by atoms with Crippen LogP contribution >= 0.6 is 19.6 Å². The zero-order chi connectivity index (χ0) is 13.4. The van der Waals surface area contributed by atoms with Gasteiger partial charge in [0.25, 0.3) is 0 Å². The van der Waals surface area contributed by atoms with E-state index in [1.54, 1.807) is 0 Å². The zero-order valence-corrected chi connectivity index (χ0v) is 12.5. The van der Waals surface area contributed by atoms with E-state index in [1.165, 1.54) is 0 Å². The van der Waals surface area contributed by atoms with Crippen LogP contribution in [-0.2, 0) is 14.1 Å². The van der Waals surface area contributed by atoms with Crippen molar-refractivity contribution in [2.24, 2.45) is 0 Å². The topological polar surface area (TPSA) is 55.4 Å². The molecule has 1 rings (SSSR count). The molecule has 6 heteroatoms. The highest BCUT2D eigenvalue weighted by Crippen LogP contribution is 2.41. The lowest BCUT2D eigenvalue weighted by Crippen LogP contribution is -2.42. The first kappa shape index (κ1) is 16.1. The Morgan fingerprint density at radius 3 is 2.56 bits per heavy atom. The average molecular weight is 291 g/mol. The smallest absolute Gasteiger partial charge is 0.136 e. The van der Waals surface area contributed by atoms with Gasteiger partial charge in [0.15, 0.2) is 0 Å². The van der Waals surface area contributed by atoms with E-state index >= 15 is 0 Å². The fourth-order valence-electron chi connectivity index (χ4n) is 2.29. The number of thiol groups is 1. The van der Waals surface area contributed by atoms with Gasteiger partial charge in [0.2, 0.25) is 0 Å². The molecule has 0 bridgehead atoms. The SMILES string of the molecule is CP(S)OC1CCC(NC(C=O)CCC=O)CC1. The van der Waals surface area contributed by atoms with E-state index in [0.29, 0.717) is 25.0 Å². The molecule has 2 unspecified atom stereocenters. The summed E-state index contributed by atoms with van der Waals surface area (Å²) in [6.45, 7) is 1.99. The molecule has 0 aliphatic heterocycles. The van der Waals surface area contributed by atoms with Crippen molar-refractivity contribution in [3.63, 3.8) is 0 Å². The zero-order valence-electron chi connectivity index (χ0n) is 10.7. The third-order valence-electron chi connectivity index (χ3n) is 3.19. The Morgan fingerprint density at radius 2 is 2.06 bits per heavy atom. The quantitative estimate of drug-likeness (QED) is 0.409. The standard InChI is InChI=1S/C12H22NO3PS/c1-17(18)16-12-6-4-10(5-7-12)13-11(9-15)3-2-8-14/h8-13,18H,2-7H2,1H3. The van der Waals surface area contributed by atoms with Gasteiger partial charge in [-0.25, -0.2) is 0 Å². The van der Waals surface area contributed by atoms with Gasteiger partial charge in [0, 0.05) is 12.5 Å². The minimum Gasteiger partial charge on any atom is -0.345 e. The molecular weight excluding hydrogens is 269 g/mol. The molecule has 104 valence electrons. The first-order valence-electron chi connectivity index (χ1n) is 6.40. The van der Waals surface area contributed by atoms with Crippen molar-refractivity contribution in [3.05, 3.63) is 0 Å². The number of rotatable bonds is 8. The van der Waals surface area contributed by atoms with Crippen LogP contribution in [0.3, 0.4) is 0 Å². The molecule has 1 aliphatic carbocycles. The Bertz CT molecular complexity index is 258. The largest absolute Gasteiger partial charge is 0.345 e. The third kappa shape index (κ3) is 6.28. The maximum absolute atomic E-state index is 10.9. The predicted octanol–water partition coefficient (Wildman–Crippen LogP) is 2.32. The molecule has 0 saturated heterocycles. The van der Waals surface area contributed by atoms with Crippen molar-refractivity contribution in [1.82, 2.24) is 5.32 Å². The molecule has 0 aromatic carbocycles. The molecule has 0 aromatic rings. The first-order valence-corrected chi connectivity index (χ1v) is 9.26. The summed E-state index contributed by atoms with van der Waals surface area (Å²) in [5.74, 6) is 0. The summed E-state index contributed by atoms with van der Waals surface area (Å²) >= 11 is 4.29. The molecule has 0 heterocycles. The lowest BCUT2D eigenvalue weighted by Gasteiger charge is -2.31. The normalized spacial score (nSPS) is 27.4. The van der Waals surface area contributed by atoms with E-state index in [0.717, 1.165) is 38.3 Å². The summed E-state index contributed by atoms with van der Waals surface area (Å²) in [5.41, 5.74) is 0. The molecule has 4 nitrogen and oxygen atoms in total. The number of carbonyl (C=O) groups excluding carboxylic acids is 2. The maximum atomic E-state index is 10.9. The fraction of sp³-hybridized carbons (Fsp3) is 0.833. The molecule has 0 spiro atoms. The molecule has 1 N–H and O–H groups in total. The van der Waals surface area contributed by atoms with Crippen molar-refractivity contribution < 1.29 is 14.1 Å². The first-order chi connectivity index (χ1) is 8.65. The summed E-state index contributed by atoms with van der Waals surface area (Å²) in [6, 6.07) is 0.181. The second kappa shape index (κ2) is 9.03. The molecule has 2 atom stereocenters. The maximum Gasteiger partial charge on any atom is 0.136 e. The Kier molecular flexibility index (Phi) is 8.07. The monoisotopic (exact) mass is 291 g/mol. The highest BCUT2D eigenvalue weighted by molar-refractivity contribution is 8.43. The molecule has 18 heavy (non-hydrogen) atoms. The summed E-state index contributed by atoms with van der Waals surface area (Å²) in [7, 11) is -0.586. The van der Waals surface area contributed by atoms with E-state index in [1.807, 2.05) is 6.66 Å². The van der Waals surface area contributed by atoms with E-state index in [9.17, 15) is 9.59 Å². The summed E-state index contributed by atoms with van der Waals surface area (Å²) in [5, 5.41) is 3.32. The van der Waals surface area contributed by atoms with Gasteiger partial charge in [-0.2, -0.15) is 0 Å². The van der Waals surface area contributed by atoms with Crippen molar-refractivity contribution in [1.29, 1.82) is 0 Å². The Labute approximate surface area is 115 Å². The van der Waals surface area contributed by atoms with Gasteiger partial charge in [0.05, 0.1) is 19.5 Å². The predicted molar refractivity (Wildman–Crippen MR) is 77.2 cm³/mol. The highest BCUT2D eigenvalue weighted by atomic mass is 32.7. The van der Waals surface area contributed by atoms with Gasteiger partial charge in [0.1, 0.15) is 12.6 Å². The van der Waals surface area contributed by atoms with Crippen LogP contribution < -0.4 is 5.32 Å². The molecule has 0 amide bonds. The molecule has 1 aliphatic rings. The summed E-state index contributed by atoms with van der Waals surface area (Å²) in [4.78, 5) is 21.2. The highest BCUT2D eigenvalue weighted by Gasteiger charge is 2.24. The molecule has 0 radical (unpaired) electrons. The number of hydrogen-bond acceptors (Lipinski definition) is 5. The fourth-order valence-corrected chi connectivity index (χ4v) is 3.33. The van der Waals surface area contributed by atoms with Gasteiger partial charge in [-0.15, -0.1) is 12.2 Å². The third-order valence-corrected chi connectivity index (χ3v) is 4.07. The van der Waals surface area contributed by atoms with Crippen LogP contribution in [0.2, 0.25) is 0 Å². The van der Waals surface area contributed by atoms with Crippen molar-refractivity contribution >= 4 is 32.2 Å². The van der Waals surface area contributed by atoms with E-state index in [2.05, 4.69) is 17.6 Å². The van der Waals surface area contributed by atoms with E-state index in [4.69, 9.17) is 4.52 Å². The Morgan fingerprint density at radius 1 is 1.39 bits per heavy atom. The van der Waals surface area contributed by atoms with Crippen molar-refractivity contribution in [2.75, 3.05) is 6.66 Å². The van der Waals surface area contributed by atoms with Crippen molar-refractivity contribution in [3.8, 4) is 0 Å². The number of nitrogens with one attached hydrogen (secondary N) is 1. The second-order valence-electron chi connectivity index (χ2n) is 4.70. The van der Waals surface area contributed by atoms with Gasteiger partial charge in [-0.1, -0.05) is 0 Å². The Hall–Kier alpha value is 0.0400. The summed E-state index contributed by atoms with van der Waals surface area (Å²) < 4.78 is 5.72. The van der Waals surface area contributed by atoms with Crippen LogP contribution in [0, 0.1) is 0 Å². The van der Waals surface area contributed by atoms with Gasteiger partial charge >= 0.3 is 0 Å². The van der Waals surface area contributed by atoms with Crippen LogP contribution in [0.15, 0.2) is 0 Å². The van der Waals surface area contributed by atoms with Gasteiger partial charge in [-0.3, -0.25) is 0 Å². The minimum atomic E-state index is -0.586. The number of hydrogen-bond donors (Lipinski definition) is 2. The average Bonchev–Trinajstić information content (AvgIpc) is 2.36. The van der Waals surface area contributed by atoms with E-state index < -0.39 is 7.35 Å². The Balaban J connectivity index is 2.25. The van der Waals surface area contributed by atoms with Crippen molar-refractivity contribution in [2.45, 2.75) is 56.7 Å².